The van der Waals surface area contributed by atoms with Crippen LogP contribution in [0.5, 0.6) is 0 Å². The van der Waals surface area contributed by atoms with E-state index in [9.17, 15) is 8.42 Å². The smallest absolute Gasteiger partial charge is 0.207 e. The predicted molar refractivity (Wildman–Crippen MR) is 96.2 cm³/mol. The van der Waals surface area contributed by atoms with E-state index in [0.717, 1.165) is 16.7 Å². The third-order valence-electron chi connectivity index (χ3n) is 3.92. The van der Waals surface area contributed by atoms with E-state index < -0.39 is 16.1 Å². The predicted octanol–water partition coefficient (Wildman–Crippen LogP) is 4.06. The van der Waals surface area contributed by atoms with Gasteiger partial charge in [-0.1, -0.05) is 78.9 Å². The van der Waals surface area contributed by atoms with E-state index in [1.54, 1.807) is 25.1 Å². The maximum absolute atomic E-state index is 12.9. The molecule has 0 radical (unpaired) electrons. The molecule has 24 heavy (non-hydrogen) atoms. The van der Waals surface area contributed by atoms with Crippen LogP contribution in [0.2, 0.25) is 0 Å². The van der Waals surface area contributed by atoms with Crippen LogP contribution in [0.15, 0.2) is 89.8 Å². The summed E-state index contributed by atoms with van der Waals surface area (Å²) in [4.78, 5) is 0.307. The molecule has 0 aliphatic carbocycles. The standard InChI is InChI=1S/C20H19NO2S/c1-16-10-8-9-15-19(16)24(22,23)21-20(17-11-4-2-5-12-17)18-13-6-3-7-14-18/h2-15,20-21H,1H3. The Balaban J connectivity index is 2.03. The summed E-state index contributed by atoms with van der Waals surface area (Å²) < 4.78 is 28.7. The molecule has 0 unspecified atom stereocenters. The van der Waals surface area contributed by atoms with Crippen molar-refractivity contribution in [2.24, 2.45) is 0 Å². The van der Waals surface area contributed by atoms with Crippen LogP contribution >= 0.6 is 0 Å². The van der Waals surface area contributed by atoms with Gasteiger partial charge in [0.25, 0.3) is 0 Å². The van der Waals surface area contributed by atoms with Gasteiger partial charge < -0.3 is 0 Å². The Morgan fingerprint density at radius 3 is 1.67 bits per heavy atom. The molecule has 3 aromatic rings. The molecule has 0 aliphatic heterocycles. The molecule has 3 aromatic carbocycles. The van der Waals surface area contributed by atoms with Crippen molar-refractivity contribution in [1.82, 2.24) is 4.72 Å². The second-order valence-electron chi connectivity index (χ2n) is 5.64. The highest BCUT2D eigenvalue weighted by Gasteiger charge is 2.23. The highest BCUT2D eigenvalue weighted by Crippen LogP contribution is 2.25. The lowest BCUT2D eigenvalue weighted by atomic mass is 10.00. The molecule has 0 amide bonds. The first-order valence-electron chi connectivity index (χ1n) is 7.76. The second-order valence-corrected chi connectivity index (χ2v) is 7.32. The molecular weight excluding hydrogens is 318 g/mol. The summed E-state index contributed by atoms with van der Waals surface area (Å²) in [6, 6.07) is 25.8. The van der Waals surface area contributed by atoms with Crippen molar-refractivity contribution in [3.63, 3.8) is 0 Å². The lowest BCUT2D eigenvalue weighted by Crippen LogP contribution is -2.30. The topological polar surface area (TPSA) is 46.2 Å². The van der Waals surface area contributed by atoms with Crippen molar-refractivity contribution < 1.29 is 8.42 Å². The summed E-state index contributed by atoms with van der Waals surface area (Å²) in [6.07, 6.45) is 0. The fourth-order valence-electron chi connectivity index (χ4n) is 2.70. The van der Waals surface area contributed by atoms with Gasteiger partial charge in [0.05, 0.1) is 10.9 Å². The number of nitrogens with one attached hydrogen (secondary N) is 1. The number of benzene rings is 3. The molecule has 1 N–H and O–H groups in total. The van der Waals surface area contributed by atoms with Crippen molar-refractivity contribution >= 4 is 10.0 Å². The molecule has 0 saturated carbocycles. The fourth-order valence-corrected chi connectivity index (χ4v) is 4.16. The zero-order valence-corrected chi connectivity index (χ0v) is 14.2. The number of hydrogen-bond acceptors (Lipinski definition) is 2. The molecule has 0 saturated heterocycles. The number of rotatable bonds is 5. The summed E-state index contributed by atoms with van der Waals surface area (Å²) in [5.74, 6) is 0. The Bertz CT molecular complexity index is 867. The molecule has 0 heterocycles. The lowest BCUT2D eigenvalue weighted by molar-refractivity contribution is 0.571. The largest absolute Gasteiger partial charge is 0.241 e. The van der Waals surface area contributed by atoms with E-state index in [4.69, 9.17) is 0 Å². The molecule has 0 aliphatic rings. The summed E-state index contributed by atoms with van der Waals surface area (Å²) in [7, 11) is -3.64. The maximum atomic E-state index is 12.9. The average molecular weight is 337 g/mol. The summed E-state index contributed by atoms with van der Waals surface area (Å²) in [5.41, 5.74) is 2.53. The molecule has 122 valence electrons. The van der Waals surface area contributed by atoms with Gasteiger partial charge in [0.1, 0.15) is 0 Å². The number of aryl methyl sites for hydroxylation is 1. The van der Waals surface area contributed by atoms with Gasteiger partial charge in [0, 0.05) is 0 Å². The van der Waals surface area contributed by atoms with E-state index >= 15 is 0 Å². The monoisotopic (exact) mass is 337 g/mol. The molecule has 0 atom stereocenters. The number of hydrogen-bond donors (Lipinski definition) is 1. The van der Waals surface area contributed by atoms with Crippen LogP contribution in [0.25, 0.3) is 0 Å². The van der Waals surface area contributed by atoms with Crippen LogP contribution in [-0.2, 0) is 10.0 Å². The van der Waals surface area contributed by atoms with E-state index in [1.165, 1.54) is 0 Å². The van der Waals surface area contributed by atoms with Crippen LogP contribution < -0.4 is 4.72 Å². The summed E-state index contributed by atoms with van der Waals surface area (Å²) in [6.45, 7) is 1.80. The molecule has 0 fully saturated rings. The van der Waals surface area contributed by atoms with E-state index in [0.29, 0.717) is 4.90 Å². The highest BCUT2D eigenvalue weighted by molar-refractivity contribution is 7.89. The molecule has 0 aromatic heterocycles. The van der Waals surface area contributed by atoms with Gasteiger partial charge in [-0.05, 0) is 29.7 Å². The zero-order chi connectivity index (χ0) is 17.0. The Morgan fingerprint density at radius 2 is 1.17 bits per heavy atom. The fraction of sp³-hybridized carbons (Fsp3) is 0.100. The molecule has 0 spiro atoms. The van der Waals surface area contributed by atoms with E-state index in [2.05, 4.69) is 4.72 Å². The average Bonchev–Trinajstić information content (AvgIpc) is 2.61. The molecule has 0 bridgehead atoms. The normalized spacial score (nSPS) is 11.6. The van der Waals surface area contributed by atoms with Gasteiger partial charge in [-0.2, -0.15) is 4.72 Å². The first-order valence-corrected chi connectivity index (χ1v) is 9.24. The van der Waals surface area contributed by atoms with Crippen molar-refractivity contribution in [3.8, 4) is 0 Å². The second kappa shape index (κ2) is 6.99. The van der Waals surface area contributed by atoms with Crippen LogP contribution in [0.4, 0.5) is 0 Å². The van der Waals surface area contributed by atoms with Gasteiger partial charge in [0.2, 0.25) is 10.0 Å². The third-order valence-corrected chi connectivity index (χ3v) is 5.51. The minimum atomic E-state index is -3.64. The van der Waals surface area contributed by atoms with Crippen LogP contribution in [0, 0.1) is 6.92 Å². The Hall–Kier alpha value is -2.43. The van der Waals surface area contributed by atoms with Gasteiger partial charge >= 0.3 is 0 Å². The first-order chi connectivity index (χ1) is 11.6. The minimum Gasteiger partial charge on any atom is -0.207 e. The van der Waals surface area contributed by atoms with E-state index in [1.807, 2.05) is 66.7 Å². The molecular formula is C20H19NO2S. The van der Waals surface area contributed by atoms with Crippen molar-refractivity contribution in [2.45, 2.75) is 17.9 Å². The third kappa shape index (κ3) is 3.55. The van der Waals surface area contributed by atoms with Crippen LogP contribution in [0.3, 0.4) is 0 Å². The van der Waals surface area contributed by atoms with Gasteiger partial charge in [-0.15, -0.1) is 0 Å². The quantitative estimate of drug-likeness (QED) is 0.763. The number of sulfonamides is 1. The van der Waals surface area contributed by atoms with E-state index in [-0.39, 0.29) is 0 Å². The Morgan fingerprint density at radius 1 is 0.708 bits per heavy atom. The molecule has 4 heteroatoms. The highest BCUT2D eigenvalue weighted by atomic mass is 32.2. The maximum Gasteiger partial charge on any atom is 0.241 e. The van der Waals surface area contributed by atoms with Crippen molar-refractivity contribution in [1.29, 1.82) is 0 Å². The summed E-state index contributed by atoms with van der Waals surface area (Å²) in [5, 5.41) is 0. The lowest BCUT2D eigenvalue weighted by Gasteiger charge is -2.20. The van der Waals surface area contributed by atoms with Crippen molar-refractivity contribution in [3.05, 3.63) is 102 Å². The Kier molecular flexibility index (Phi) is 4.79. The van der Waals surface area contributed by atoms with Gasteiger partial charge in [-0.25, -0.2) is 8.42 Å². The summed E-state index contributed by atoms with van der Waals surface area (Å²) >= 11 is 0. The SMILES string of the molecule is Cc1ccccc1S(=O)(=O)NC(c1ccccc1)c1ccccc1. The zero-order valence-electron chi connectivity index (χ0n) is 13.4. The van der Waals surface area contributed by atoms with Crippen LogP contribution in [0.1, 0.15) is 22.7 Å². The van der Waals surface area contributed by atoms with Gasteiger partial charge in [-0.3, -0.25) is 0 Å². The minimum absolute atomic E-state index is 0.307. The molecule has 3 rings (SSSR count). The van der Waals surface area contributed by atoms with Crippen molar-refractivity contribution in [2.75, 3.05) is 0 Å². The van der Waals surface area contributed by atoms with Crippen LogP contribution in [-0.4, -0.2) is 8.42 Å². The molecule has 3 nitrogen and oxygen atoms in total. The van der Waals surface area contributed by atoms with Gasteiger partial charge in [0.15, 0.2) is 0 Å². The first kappa shape index (κ1) is 16.4. The Labute approximate surface area is 143 Å².